The second kappa shape index (κ2) is 14.6. The van der Waals surface area contributed by atoms with Crippen molar-refractivity contribution in [3.8, 4) is 11.1 Å². The van der Waals surface area contributed by atoms with Gasteiger partial charge in [-0.1, -0.05) is 61.4 Å². The van der Waals surface area contributed by atoms with Crippen molar-refractivity contribution in [2.75, 3.05) is 26.8 Å². The first kappa shape index (κ1) is 30.7. The van der Waals surface area contributed by atoms with Gasteiger partial charge in [0.25, 0.3) is 0 Å². The first-order chi connectivity index (χ1) is 19.9. The molecular formula is C32H44N4O5. The first-order valence-corrected chi connectivity index (χ1v) is 14.9. The quantitative estimate of drug-likeness (QED) is 0.262. The lowest BCUT2D eigenvalue weighted by Crippen LogP contribution is -2.59. The highest BCUT2D eigenvalue weighted by Crippen LogP contribution is 2.43. The zero-order chi connectivity index (χ0) is 29.4. The highest BCUT2D eigenvalue weighted by atomic mass is 16.5. The Hall–Kier alpha value is -3.27. The molecule has 1 saturated heterocycles. The molecule has 2 aromatic carbocycles. The molecule has 0 spiro atoms. The van der Waals surface area contributed by atoms with Crippen LogP contribution in [0.4, 0.5) is 0 Å². The molecule has 1 heterocycles. The summed E-state index contributed by atoms with van der Waals surface area (Å²) >= 11 is 0. The molecule has 4 unspecified atom stereocenters. The molecule has 4 N–H and O–H groups in total. The van der Waals surface area contributed by atoms with Crippen LogP contribution in [0.3, 0.4) is 0 Å². The average Bonchev–Trinajstić information content (AvgIpc) is 3.61. The van der Waals surface area contributed by atoms with Gasteiger partial charge in [0, 0.05) is 19.8 Å². The molecule has 1 aliphatic heterocycles. The number of nitrogens with one attached hydrogen (secondary N) is 3. The molecule has 9 nitrogen and oxygen atoms in total. The van der Waals surface area contributed by atoms with E-state index >= 15 is 0 Å². The van der Waals surface area contributed by atoms with Crippen molar-refractivity contribution in [3.05, 3.63) is 59.7 Å². The average molecular weight is 565 g/mol. The van der Waals surface area contributed by atoms with Gasteiger partial charge >= 0.3 is 0 Å². The molecule has 9 heteroatoms. The lowest BCUT2D eigenvalue weighted by molar-refractivity contribution is -0.145. The van der Waals surface area contributed by atoms with Crippen molar-refractivity contribution in [1.29, 1.82) is 0 Å². The first-order valence-electron chi connectivity index (χ1n) is 14.9. The molecule has 2 aliphatic rings. The van der Waals surface area contributed by atoms with Crippen LogP contribution in [0.15, 0.2) is 48.5 Å². The zero-order valence-corrected chi connectivity index (χ0v) is 24.4. The standard InChI is InChI=1S/C32H44N4O5/c1-21(33-3)30(38)34-28(22(2)41-20-11-5-4-10-19-37)32(40)36-18-12-17-27(36)31(39)35-29-25-15-8-6-13-23(25)24-14-7-9-16-26(24)29/h6-9,13-16,21-22,27-29,33,37H,4-5,10-12,17-20H2,1-3H3,(H,34,38)(H,35,39). The Morgan fingerprint density at radius 3 is 2.24 bits per heavy atom. The van der Waals surface area contributed by atoms with Gasteiger partial charge in [-0.3, -0.25) is 14.4 Å². The summed E-state index contributed by atoms with van der Waals surface area (Å²) in [7, 11) is 1.69. The van der Waals surface area contributed by atoms with E-state index in [1.165, 1.54) is 0 Å². The Morgan fingerprint density at radius 2 is 1.61 bits per heavy atom. The molecule has 4 rings (SSSR count). The summed E-state index contributed by atoms with van der Waals surface area (Å²) in [6, 6.07) is 13.8. The Morgan fingerprint density at radius 1 is 0.976 bits per heavy atom. The molecule has 0 radical (unpaired) electrons. The molecule has 1 fully saturated rings. The number of rotatable bonds is 14. The van der Waals surface area contributed by atoms with Gasteiger partial charge in [0.05, 0.1) is 18.2 Å². The fourth-order valence-corrected chi connectivity index (χ4v) is 5.75. The minimum Gasteiger partial charge on any atom is -0.396 e. The highest BCUT2D eigenvalue weighted by Gasteiger charge is 2.41. The monoisotopic (exact) mass is 564 g/mol. The van der Waals surface area contributed by atoms with E-state index in [1.807, 2.05) is 36.4 Å². The maximum atomic E-state index is 14.0. The van der Waals surface area contributed by atoms with Gasteiger partial charge in [-0.25, -0.2) is 0 Å². The fraction of sp³-hybridized carbons (Fsp3) is 0.531. The van der Waals surface area contributed by atoms with Crippen LogP contribution in [-0.2, 0) is 19.1 Å². The van der Waals surface area contributed by atoms with Crippen LogP contribution in [0, 0.1) is 0 Å². The Bertz CT molecular complexity index is 1160. The number of aliphatic hydroxyl groups excluding tert-OH is 1. The molecule has 3 amide bonds. The predicted octanol–water partition coefficient (Wildman–Crippen LogP) is 2.91. The number of nitrogens with zero attached hydrogens (tertiary/aromatic N) is 1. The maximum absolute atomic E-state index is 14.0. The van der Waals surface area contributed by atoms with Crippen molar-refractivity contribution in [3.63, 3.8) is 0 Å². The number of aliphatic hydroxyl groups is 1. The molecule has 1 aliphatic carbocycles. The second-order valence-electron chi connectivity index (χ2n) is 11.0. The summed E-state index contributed by atoms with van der Waals surface area (Å²) < 4.78 is 6.02. The van der Waals surface area contributed by atoms with Gasteiger partial charge in [0.15, 0.2) is 0 Å². The Balaban J connectivity index is 1.47. The third-order valence-electron chi connectivity index (χ3n) is 8.25. The number of hydrogen-bond acceptors (Lipinski definition) is 6. The van der Waals surface area contributed by atoms with Crippen molar-refractivity contribution < 1.29 is 24.2 Å². The number of hydrogen-bond donors (Lipinski definition) is 4. The molecule has 222 valence electrons. The van der Waals surface area contributed by atoms with E-state index in [4.69, 9.17) is 9.84 Å². The fourth-order valence-electron chi connectivity index (χ4n) is 5.75. The normalized spacial score (nSPS) is 18.3. The molecular weight excluding hydrogens is 520 g/mol. The van der Waals surface area contributed by atoms with Crippen molar-refractivity contribution >= 4 is 17.7 Å². The van der Waals surface area contributed by atoms with Crippen LogP contribution in [0.5, 0.6) is 0 Å². The van der Waals surface area contributed by atoms with Crippen LogP contribution in [0.1, 0.15) is 69.5 Å². The summed E-state index contributed by atoms with van der Waals surface area (Å²) in [6.45, 7) is 4.58. The number of amides is 3. The van der Waals surface area contributed by atoms with E-state index < -0.39 is 24.2 Å². The Kier molecular flexibility index (Phi) is 10.9. The number of unbranched alkanes of at least 4 members (excludes halogenated alkanes) is 3. The summed E-state index contributed by atoms with van der Waals surface area (Å²) in [5, 5.41) is 18.0. The lowest BCUT2D eigenvalue weighted by atomic mass is 10.0. The van der Waals surface area contributed by atoms with E-state index in [2.05, 4.69) is 28.1 Å². The number of likely N-dealkylation sites (N-methyl/N-ethyl adjacent to an activating group) is 1. The summed E-state index contributed by atoms with van der Waals surface area (Å²) in [4.78, 5) is 42.2. The van der Waals surface area contributed by atoms with Gasteiger partial charge in [0.2, 0.25) is 17.7 Å². The maximum Gasteiger partial charge on any atom is 0.248 e. The van der Waals surface area contributed by atoms with E-state index in [0.29, 0.717) is 26.0 Å². The number of carbonyl (C=O) groups excluding carboxylic acids is 3. The molecule has 2 aromatic rings. The number of carbonyl (C=O) groups is 3. The van der Waals surface area contributed by atoms with Gasteiger partial charge in [0.1, 0.15) is 12.1 Å². The minimum atomic E-state index is -0.919. The summed E-state index contributed by atoms with van der Waals surface area (Å²) in [5.74, 6) is -0.804. The zero-order valence-electron chi connectivity index (χ0n) is 24.4. The van der Waals surface area contributed by atoms with Crippen LogP contribution < -0.4 is 16.0 Å². The second-order valence-corrected chi connectivity index (χ2v) is 11.0. The lowest BCUT2D eigenvalue weighted by Gasteiger charge is -2.32. The number of likely N-dealkylation sites (tertiary alicyclic amines) is 1. The molecule has 0 saturated carbocycles. The number of benzene rings is 2. The minimum absolute atomic E-state index is 0.174. The van der Waals surface area contributed by atoms with Crippen LogP contribution in [-0.4, -0.2) is 78.8 Å². The highest BCUT2D eigenvalue weighted by molar-refractivity contribution is 5.94. The van der Waals surface area contributed by atoms with Gasteiger partial charge in [-0.2, -0.15) is 0 Å². The topological polar surface area (TPSA) is 120 Å². The smallest absolute Gasteiger partial charge is 0.248 e. The third kappa shape index (κ3) is 7.15. The Labute approximate surface area is 243 Å². The van der Waals surface area contributed by atoms with E-state index in [-0.39, 0.29) is 30.4 Å². The predicted molar refractivity (Wildman–Crippen MR) is 158 cm³/mol. The van der Waals surface area contributed by atoms with Crippen molar-refractivity contribution in [2.45, 2.75) is 82.6 Å². The van der Waals surface area contributed by atoms with Crippen molar-refractivity contribution in [1.82, 2.24) is 20.9 Å². The van der Waals surface area contributed by atoms with Gasteiger partial charge in [-0.05, 0) is 68.8 Å². The van der Waals surface area contributed by atoms with Crippen molar-refractivity contribution in [2.24, 2.45) is 0 Å². The number of ether oxygens (including phenoxy) is 1. The summed E-state index contributed by atoms with van der Waals surface area (Å²) in [5.41, 5.74) is 4.31. The molecule has 41 heavy (non-hydrogen) atoms. The largest absolute Gasteiger partial charge is 0.396 e. The van der Waals surface area contributed by atoms with E-state index in [9.17, 15) is 14.4 Å². The SMILES string of the molecule is CNC(C)C(=O)NC(C(=O)N1CCCC1C(=O)NC1c2ccccc2-c2ccccc21)C(C)OCCCCCCO. The van der Waals surface area contributed by atoms with Gasteiger partial charge < -0.3 is 30.7 Å². The third-order valence-corrected chi connectivity index (χ3v) is 8.25. The van der Waals surface area contributed by atoms with Gasteiger partial charge in [-0.15, -0.1) is 0 Å². The summed E-state index contributed by atoms with van der Waals surface area (Å²) in [6.07, 6.45) is 4.06. The molecule has 0 aromatic heterocycles. The molecule has 4 atom stereocenters. The van der Waals surface area contributed by atoms with E-state index in [1.54, 1.807) is 25.8 Å². The number of fused-ring (bicyclic) bond motifs is 3. The van der Waals surface area contributed by atoms with Crippen LogP contribution >= 0.6 is 0 Å². The van der Waals surface area contributed by atoms with E-state index in [0.717, 1.165) is 47.9 Å². The van der Waals surface area contributed by atoms with Crippen LogP contribution in [0.25, 0.3) is 11.1 Å². The molecule has 0 bridgehead atoms. The van der Waals surface area contributed by atoms with Crippen LogP contribution in [0.2, 0.25) is 0 Å².